The summed E-state index contributed by atoms with van der Waals surface area (Å²) < 4.78 is 0. The van der Waals surface area contributed by atoms with E-state index < -0.39 is 0 Å². The number of nitrogens with one attached hydrogen (secondary N) is 2. The zero-order valence-corrected chi connectivity index (χ0v) is 11.6. The van der Waals surface area contributed by atoms with Crippen molar-refractivity contribution in [3.05, 3.63) is 33.1 Å². The maximum absolute atomic E-state index is 11.6. The Morgan fingerprint density at radius 3 is 2.95 bits per heavy atom. The summed E-state index contributed by atoms with van der Waals surface area (Å²) in [7, 11) is 0. The summed E-state index contributed by atoms with van der Waals surface area (Å²) in [6.45, 7) is 4.77. The highest BCUT2D eigenvalue weighted by molar-refractivity contribution is 7.14. The molecule has 0 atom stereocenters. The van der Waals surface area contributed by atoms with E-state index in [9.17, 15) is 4.79 Å². The van der Waals surface area contributed by atoms with Crippen molar-refractivity contribution >= 4 is 16.5 Å². The van der Waals surface area contributed by atoms with Crippen molar-refractivity contribution < 1.29 is 0 Å². The molecule has 0 bridgehead atoms. The van der Waals surface area contributed by atoms with Crippen LogP contribution in [0.5, 0.6) is 0 Å². The molecule has 0 unspecified atom stereocenters. The molecule has 0 saturated heterocycles. The molecule has 0 aliphatic carbocycles. The van der Waals surface area contributed by atoms with E-state index in [0.29, 0.717) is 6.42 Å². The summed E-state index contributed by atoms with van der Waals surface area (Å²) >= 11 is 1.51. The largest absolute Gasteiger partial charge is 0.362 e. The fraction of sp³-hybridized carbons (Fsp3) is 0.308. The van der Waals surface area contributed by atoms with Gasteiger partial charge in [0.05, 0.1) is 5.69 Å². The lowest BCUT2D eigenvalue weighted by Crippen LogP contribution is -2.13. The minimum absolute atomic E-state index is 0.116. The van der Waals surface area contributed by atoms with Crippen LogP contribution in [-0.2, 0) is 6.42 Å². The van der Waals surface area contributed by atoms with Crippen LogP contribution in [-0.4, -0.2) is 16.5 Å². The molecule has 0 aliphatic heterocycles. The summed E-state index contributed by atoms with van der Waals surface area (Å²) in [6.07, 6.45) is 0.685. The summed E-state index contributed by atoms with van der Waals surface area (Å²) in [5.41, 5.74) is 2.18. The van der Waals surface area contributed by atoms with E-state index >= 15 is 0 Å². The zero-order chi connectivity index (χ0) is 13.8. The van der Waals surface area contributed by atoms with Crippen molar-refractivity contribution in [1.29, 1.82) is 5.26 Å². The first kappa shape index (κ1) is 13.3. The number of pyridine rings is 1. The Morgan fingerprint density at radius 2 is 2.32 bits per heavy atom. The van der Waals surface area contributed by atoms with E-state index in [1.54, 1.807) is 6.07 Å². The predicted octanol–water partition coefficient (Wildman–Crippen LogP) is 2.36. The highest BCUT2D eigenvalue weighted by atomic mass is 32.1. The van der Waals surface area contributed by atoms with Gasteiger partial charge in [-0.25, -0.2) is 4.98 Å². The molecule has 0 spiro atoms. The second-order valence-corrected chi connectivity index (χ2v) is 4.80. The summed E-state index contributed by atoms with van der Waals surface area (Å²) in [5.74, 6) is 0. The second kappa shape index (κ2) is 5.67. The number of aromatic nitrogens is 2. The van der Waals surface area contributed by atoms with Crippen LogP contribution in [0.25, 0.3) is 11.3 Å². The standard InChI is InChI=1S/C13H14N4OS/c1-3-10-9(5-8(6-14)12(18)16-10)11-7-19-13(17-11)15-4-2/h5,7H,3-4H2,1-2H3,(H,15,17)(H,16,18). The van der Waals surface area contributed by atoms with Gasteiger partial charge in [-0.3, -0.25) is 4.79 Å². The maximum atomic E-state index is 11.6. The number of rotatable bonds is 4. The number of nitrogens with zero attached hydrogens (tertiary/aromatic N) is 2. The number of aromatic amines is 1. The number of hydrogen-bond donors (Lipinski definition) is 2. The second-order valence-electron chi connectivity index (χ2n) is 3.94. The van der Waals surface area contributed by atoms with Crippen LogP contribution in [0.15, 0.2) is 16.2 Å². The molecule has 5 nitrogen and oxygen atoms in total. The fourth-order valence-corrected chi connectivity index (χ4v) is 2.57. The predicted molar refractivity (Wildman–Crippen MR) is 76.4 cm³/mol. The van der Waals surface area contributed by atoms with Gasteiger partial charge in [0.2, 0.25) is 0 Å². The van der Waals surface area contributed by atoms with Crippen molar-refractivity contribution in [2.75, 3.05) is 11.9 Å². The van der Waals surface area contributed by atoms with Gasteiger partial charge < -0.3 is 10.3 Å². The van der Waals surface area contributed by atoms with Crippen molar-refractivity contribution in [3.8, 4) is 17.3 Å². The lowest BCUT2D eigenvalue weighted by Gasteiger charge is -2.05. The third kappa shape index (κ3) is 2.66. The minimum atomic E-state index is -0.342. The Balaban J connectivity index is 2.53. The lowest BCUT2D eigenvalue weighted by atomic mass is 10.1. The molecule has 2 N–H and O–H groups in total. The highest BCUT2D eigenvalue weighted by Gasteiger charge is 2.12. The van der Waals surface area contributed by atoms with Gasteiger partial charge in [-0.05, 0) is 19.4 Å². The average Bonchev–Trinajstić information content (AvgIpc) is 2.87. The number of hydrogen-bond acceptors (Lipinski definition) is 5. The maximum Gasteiger partial charge on any atom is 0.266 e. The van der Waals surface area contributed by atoms with Crippen LogP contribution in [0.4, 0.5) is 5.13 Å². The van der Waals surface area contributed by atoms with Gasteiger partial charge in [-0.1, -0.05) is 6.92 Å². The minimum Gasteiger partial charge on any atom is -0.362 e. The monoisotopic (exact) mass is 274 g/mol. The molecule has 19 heavy (non-hydrogen) atoms. The Morgan fingerprint density at radius 1 is 1.53 bits per heavy atom. The van der Waals surface area contributed by atoms with Crippen LogP contribution >= 0.6 is 11.3 Å². The van der Waals surface area contributed by atoms with Crippen LogP contribution in [0.2, 0.25) is 0 Å². The number of nitriles is 1. The fourth-order valence-electron chi connectivity index (χ4n) is 1.79. The summed E-state index contributed by atoms with van der Waals surface area (Å²) in [4.78, 5) is 18.8. The summed E-state index contributed by atoms with van der Waals surface area (Å²) in [5, 5.41) is 14.8. The smallest absolute Gasteiger partial charge is 0.266 e. The van der Waals surface area contributed by atoms with Crippen LogP contribution in [0.3, 0.4) is 0 Å². The Bertz CT molecular complexity index is 681. The molecular formula is C13H14N4OS. The molecule has 0 fully saturated rings. The van der Waals surface area contributed by atoms with Gasteiger partial charge in [-0.15, -0.1) is 11.3 Å². The molecule has 2 rings (SSSR count). The van der Waals surface area contributed by atoms with Crippen molar-refractivity contribution in [1.82, 2.24) is 9.97 Å². The van der Waals surface area contributed by atoms with E-state index in [1.807, 2.05) is 25.3 Å². The topological polar surface area (TPSA) is 81.6 Å². The molecule has 0 aliphatic rings. The number of anilines is 1. The van der Waals surface area contributed by atoms with Crippen LogP contribution < -0.4 is 10.9 Å². The SMILES string of the molecule is CCNc1nc(-c2cc(C#N)c(=O)[nH]c2CC)cs1. The molecule has 2 aromatic rings. The number of thiazole rings is 1. The normalized spacial score (nSPS) is 10.2. The molecule has 0 saturated carbocycles. The third-order valence-electron chi connectivity index (χ3n) is 2.70. The Labute approximate surface area is 114 Å². The van der Waals surface area contributed by atoms with Crippen LogP contribution in [0, 0.1) is 11.3 Å². The van der Waals surface area contributed by atoms with Gasteiger partial charge in [0.25, 0.3) is 5.56 Å². The Kier molecular flexibility index (Phi) is 3.97. The van der Waals surface area contributed by atoms with Crippen molar-refractivity contribution in [2.45, 2.75) is 20.3 Å². The molecule has 0 aromatic carbocycles. The molecule has 0 radical (unpaired) electrons. The molecule has 6 heteroatoms. The average molecular weight is 274 g/mol. The summed E-state index contributed by atoms with van der Waals surface area (Å²) in [6, 6.07) is 3.52. The van der Waals surface area contributed by atoms with Gasteiger partial charge in [-0.2, -0.15) is 5.26 Å². The van der Waals surface area contributed by atoms with Gasteiger partial charge in [0, 0.05) is 23.2 Å². The first-order chi connectivity index (χ1) is 9.19. The van der Waals surface area contributed by atoms with Gasteiger partial charge >= 0.3 is 0 Å². The molecule has 98 valence electrons. The first-order valence-electron chi connectivity index (χ1n) is 6.05. The molecular weight excluding hydrogens is 260 g/mol. The number of H-pyrrole nitrogens is 1. The van der Waals surface area contributed by atoms with Gasteiger partial charge in [0.15, 0.2) is 5.13 Å². The number of aryl methyl sites for hydroxylation is 1. The quantitative estimate of drug-likeness (QED) is 0.896. The zero-order valence-electron chi connectivity index (χ0n) is 10.8. The van der Waals surface area contributed by atoms with E-state index in [1.165, 1.54) is 11.3 Å². The van der Waals surface area contributed by atoms with E-state index in [0.717, 1.165) is 28.6 Å². The lowest BCUT2D eigenvalue weighted by molar-refractivity contribution is 1.01. The molecule has 2 heterocycles. The van der Waals surface area contributed by atoms with E-state index in [2.05, 4.69) is 15.3 Å². The van der Waals surface area contributed by atoms with Gasteiger partial charge in [0.1, 0.15) is 11.6 Å². The van der Waals surface area contributed by atoms with E-state index in [-0.39, 0.29) is 11.1 Å². The van der Waals surface area contributed by atoms with Crippen molar-refractivity contribution in [3.63, 3.8) is 0 Å². The molecule has 2 aromatic heterocycles. The van der Waals surface area contributed by atoms with E-state index in [4.69, 9.17) is 5.26 Å². The molecule has 0 amide bonds. The van der Waals surface area contributed by atoms with Crippen molar-refractivity contribution in [2.24, 2.45) is 0 Å². The Hall–Kier alpha value is -2.13. The third-order valence-corrected chi connectivity index (χ3v) is 3.50. The van der Waals surface area contributed by atoms with Crippen LogP contribution in [0.1, 0.15) is 25.1 Å². The highest BCUT2D eigenvalue weighted by Crippen LogP contribution is 2.27. The first-order valence-corrected chi connectivity index (χ1v) is 6.93.